The van der Waals surface area contributed by atoms with Gasteiger partial charge in [0, 0.05) is 17.6 Å². The van der Waals surface area contributed by atoms with E-state index >= 15 is 0 Å². The Hall–Kier alpha value is -1.56. The van der Waals surface area contributed by atoms with Crippen molar-refractivity contribution in [3.05, 3.63) is 34.3 Å². The molecule has 1 aromatic rings. The van der Waals surface area contributed by atoms with Gasteiger partial charge in [0.1, 0.15) is 0 Å². The summed E-state index contributed by atoms with van der Waals surface area (Å²) in [7, 11) is 0. The molecule has 1 heterocycles. The number of aliphatic carboxylic acids is 1. The number of likely N-dealkylation sites (tertiary alicyclic amines) is 1. The highest BCUT2D eigenvalue weighted by molar-refractivity contribution is 9.10. The van der Waals surface area contributed by atoms with Crippen LogP contribution in [-0.4, -0.2) is 35.1 Å². The Balaban J connectivity index is 1.68. The predicted molar refractivity (Wildman–Crippen MR) is 90.1 cm³/mol. The van der Waals surface area contributed by atoms with Gasteiger partial charge >= 0.3 is 12.0 Å². The van der Waals surface area contributed by atoms with Crippen LogP contribution < -0.4 is 5.32 Å². The first-order chi connectivity index (χ1) is 10.9. The van der Waals surface area contributed by atoms with E-state index in [1.165, 1.54) is 0 Å². The topological polar surface area (TPSA) is 69.6 Å². The molecule has 2 amide bonds. The van der Waals surface area contributed by atoms with Crippen LogP contribution in [0.2, 0.25) is 0 Å². The molecule has 0 spiro atoms. The number of carbonyl (C=O) groups excluding carboxylic acids is 1. The maximum atomic E-state index is 12.5. The van der Waals surface area contributed by atoms with Gasteiger partial charge in [-0.3, -0.25) is 4.79 Å². The molecule has 2 aliphatic rings. The van der Waals surface area contributed by atoms with E-state index in [-0.39, 0.29) is 18.0 Å². The molecule has 0 radical (unpaired) electrons. The number of carbonyl (C=O) groups is 2. The summed E-state index contributed by atoms with van der Waals surface area (Å²) in [4.78, 5) is 25.9. The first-order valence-corrected chi connectivity index (χ1v) is 8.76. The zero-order valence-electron chi connectivity index (χ0n) is 13.1. The van der Waals surface area contributed by atoms with Crippen LogP contribution in [0.3, 0.4) is 0 Å². The number of hydrogen-bond donors (Lipinski definition) is 2. The molecule has 2 N–H and O–H groups in total. The quantitative estimate of drug-likeness (QED) is 0.843. The molecule has 0 bridgehead atoms. The third kappa shape index (κ3) is 2.84. The molecule has 1 unspecified atom stereocenters. The van der Waals surface area contributed by atoms with Crippen LogP contribution in [0.4, 0.5) is 4.79 Å². The summed E-state index contributed by atoms with van der Waals surface area (Å²) >= 11 is 3.49. The van der Waals surface area contributed by atoms with Crippen LogP contribution in [-0.2, 0) is 4.79 Å². The Morgan fingerprint density at radius 3 is 2.83 bits per heavy atom. The van der Waals surface area contributed by atoms with Crippen LogP contribution in [0.5, 0.6) is 0 Å². The standard InChI is InChI=1S/C17H21BrN2O3/c1-11(13-6-2-3-7-14(13)18)19-16(23)20-9-12-5-4-8-17(12,10-20)15(21)22/h2-3,6-7,11-12H,4-5,8-10H2,1H3,(H,19,23)(H,21,22)/t11?,12-,17+/m0/s1. The molecular formula is C17H21BrN2O3. The van der Waals surface area contributed by atoms with E-state index in [2.05, 4.69) is 21.2 Å². The minimum atomic E-state index is -0.755. The fraction of sp³-hybridized carbons (Fsp3) is 0.529. The molecule has 124 valence electrons. The monoisotopic (exact) mass is 380 g/mol. The van der Waals surface area contributed by atoms with Gasteiger partial charge < -0.3 is 15.3 Å². The Morgan fingerprint density at radius 2 is 2.17 bits per heavy atom. The van der Waals surface area contributed by atoms with Crippen molar-refractivity contribution in [2.45, 2.75) is 32.2 Å². The molecule has 2 fully saturated rings. The SMILES string of the molecule is CC(NC(=O)N1C[C@@H]2CCC[C@@]2(C(=O)O)C1)c1ccccc1Br. The van der Waals surface area contributed by atoms with Gasteiger partial charge in [-0.2, -0.15) is 0 Å². The number of carboxylic acids is 1. The van der Waals surface area contributed by atoms with Crippen molar-refractivity contribution in [1.29, 1.82) is 0 Å². The van der Waals surface area contributed by atoms with Crippen molar-refractivity contribution in [1.82, 2.24) is 10.2 Å². The number of benzene rings is 1. The molecule has 1 aliphatic heterocycles. The van der Waals surface area contributed by atoms with Gasteiger partial charge in [-0.05, 0) is 37.3 Å². The normalized spacial score (nSPS) is 27.6. The van der Waals surface area contributed by atoms with E-state index in [9.17, 15) is 14.7 Å². The molecule has 1 aliphatic carbocycles. The van der Waals surface area contributed by atoms with E-state index in [0.717, 1.165) is 22.9 Å². The van der Waals surface area contributed by atoms with Crippen molar-refractivity contribution >= 4 is 27.9 Å². The number of nitrogens with zero attached hydrogens (tertiary/aromatic N) is 1. The summed E-state index contributed by atoms with van der Waals surface area (Å²) in [5.41, 5.74) is 0.279. The number of nitrogens with one attached hydrogen (secondary N) is 1. The molecular weight excluding hydrogens is 360 g/mol. The summed E-state index contributed by atoms with van der Waals surface area (Å²) in [5, 5.41) is 12.6. The highest BCUT2D eigenvalue weighted by Crippen LogP contribution is 2.48. The summed E-state index contributed by atoms with van der Waals surface area (Å²) < 4.78 is 0.952. The first-order valence-electron chi connectivity index (χ1n) is 7.97. The van der Waals surface area contributed by atoms with Gasteiger partial charge in [-0.1, -0.05) is 40.5 Å². The molecule has 1 saturated heterocycles. The molecule has 6 heteroatoms. The van der Waals surface area contributed by atoms with Gasteiger partial charge in [0.15, 0.2) is 0 Å². The lowest BCUT2D eigenvalue weighted by molar-refractivity contribution is -0.149. The summed E-state index contributed by atoms with van der Waals surface area (Å²) in [6.45, 7) is 2.80. The molecule has 0 aromatic heterocycles. The summed E-state index contributed by atoms with van der Waals surface area (Å²) in [5.74, 6) is -0.668. The lowest BCUT2D eigenvalue weighted by atomic mass is 9.81. The van der Waals surface area contributed by atoms with Gasteiger partial charge in [-0.25, -0.2) is 4.79 Å². The number of hydrogen-bond acceptors (Lipinski definition) is 2. The number of carboxylic acid groups (broad SMARTS) is 1. The average Bonchev–Trinajstić information content (AvgIpc) is 3.05. The zero-order chi connectivity index (χ0) is 16.6. The van der Waals surface area contributed by atoms with Crippen molar-refractivity contribution in [3.8, 4) is 0 Å². The van der Waals surface area contributed by atoms with E-state index in [1.807, 2.05) is 31.2 Å². The smallest absolute Gasteiger partial charge is 0.317 e. The van der Waals surface area contributed by atoms with Crippen LogP contribution in [0.15, 0.2) is 28.7 Å². The molecule has 5 nitrogen and oxygen atoms in total. The van der Waals surface area contributed by atoms with Crippen molar-refractivity contribution < 1.29 is 14.7 Å². The van der Waals surface area contributed by atoms with E-state index in [1.54, 1.807) is 4.90 Å². The Morgan fingerprint density at radius 1 is 1.43 bits per heavy atom. The number of urea groups is 1. The van der Waals surface area contributed by atoms with Gasteiger partial charge in [0.05, 0.1) is 11.5 Å². The highest BCUT2D eigenvalue weighted by Gasteiger charge is 2.55. The maximum absolute atomic E-state index is 12.5. The maximum Gasteiger partial charge on any atom is 0.317 e. The molecule has 1 aromatic carbocycles. The molecule has 3 atom stereocenters. The minimum Gasteiger partial charge on any atom is -0.481 e. The number of fused-ring (bicyclic) bond motifs is 1. The average molecular weight is 381 g/mol. The molecule has 1 saturated carbocycles. The number of rotatable bonds is 3. The molecule has 3 rings (SSSR count). The largest absolute Gasteiger partial charge is 0.481 e. The fourth-order valence-corrected chi connectivity index (χ4v) is 4.60. The third-order valence-corrected chi connectivity index (χ3v) is 6.02. The van der Waals surface area contributed by atoms with Crippen LogP contribution in [0.25, 0.3) is 0 Å². The first kappa shape index (κ1) is 16.3. The highest BCUT2D eigenvalue weighted by atomic mass is 79.9. The Kier molecular flexibility index (Phi) is 4.36. The third-order valence-electron chi connectivity index (χ3n) is 5.30. The van der Waals surface area contributed by atoms with Gasteiger partial charge in [-0.15, -0.1) is 0 Å². The number of halogens is 1. The lowest BCUT2D eigenvalue weighted by Crippen LogP contribution is -2.42. The second kappa shape index (κ2) is 6.15. The fourth-order valence-electron chi connectivity index (χ4n) is 3.97. The van der Waals surface area contributed by atoms with E-state index in [4.69, 9.17) is 0 Å². The second-order valence-electron chi connectivity index (χ2n) is 6.62. The van der Waals surface area contributed by atoms with E-state index in [0.29, 0.717) is 19.5 Å². The molecule has 23 heavy (non-hydrogen) atoms. The summed E-state index contributed by atoms with van der Waals surface area (Å²) in [6, 6.07) is 7.45. The number of amides is 2. The van der Waals surface area contributed by atoms with Crippen LogP contribution in [0.1, 0.15) is 37.8 Å². The minimum absolute atomic E-state index is 0.0875. The Labute approximate surface area is 144 Å². The van der Waals surface area contributed by atoms with E-state index < -0.39 is 11.4 Å². The van der Waals surface area contributed by atoms with Crippen LogP contribution >= 0.6 is 15.9 Å². The van der Waals surface area contributed by atoms with Crippen molar-refractivity contribution in [2.75, 3.05) is 13.1 Å². The van der Waals surface area contributed by atoms with Gasteiger partial charge in [0.2, 0.25) is 0 Å². The van der Waals surface area contributed by atoms with Crippen molar-refractivity contribution in [3.63, 3.8) is 0 Å². The van der Waals surface area contributed by atoms with Gasteiger partial charge in [0.25, 0.3) is 0 Å². The summed E-state index contributed by atoms with van der Waals surface area (Å²) in [6.07, 6.45) is 2.52. The Bertz CT molecular complexity index is 636. The second-order valence-corrected chi connectivity index (χ2v) is 7.48. The zero-order valence-corrected chi connectivity index (χ0v) is 14.7. The lowest BCUT2D eigenvalue weighted by Gasteiger charge is -2.25. The predicted octanol–water partition coefficient (Wildman–Crippen LogP) is 3.41. The van der Waals surface area contributed by atoms with Crippen molar-refractivity contribution in [2.24, 2.45) is 11.3 Å². The van der Waals surface area contributed by atoms with Crippen LogP contribution in [0, 0.1) is 11.3 Å².